The predicted octanol–water partition coefficient (Wildman–Crippen LogP) is 2.05. The van der Waals surface area contributed by atoms with Crippen molar-refractivity contribution in [2.75, 3.05) is 19.7 Å². The zero-order chi connectivity index (χ0) is 17.9. The highest BCUT2D eigenvalue weighted by Gasteiger charge is 2.25. The van der Waals surface area contributed by atoms with Crippen LogP contribution in [0.15, 0.2) is 42.7 Å². The molecule has 0 spiro atoms. The second-order valence-corrected chi connectivity index (χ2v) is 6.70. The van der Waals surface area contributed by atoms with Gasteiger partial charge in [-0.3, -0.25) is 14.6 Å². The van der Waals surface area contributed by atoms with Crippen LogP contribution in [0.1, 0.15) is 39.1 Å². The fourth-order valence-corrected chi connectivity index (χ4v) is 3.49. The van der Waals surface area contributed by atoms with Gasteiger partial charge in [0.05, 0.1) is 12.2 Å². The highest BCUT2D eigenvalue weighted by Crippen LogP contribution is 2.26. The van der Waals surface area contributed by atoms with E-state index in [2.05, 4.69) is 10.3 Å². The number of fused-ring (bicyclic) bond motifs is 1. The maximum absolute atomic E-state index is 12.7. The minimum Gasteiger partial charge on any atom is -0.493 e. The van der Waals surface area contributed by atoms with Gasteiger partial charge in [-0.2, -0.15) is 0 Å². The van der Waals surface area contributed by atoms with Crippen LogP contribution in [0.2, 0.25) is 0 Å². The predicted molar refractivity (Wildman–Crippen MR) is 96.3 cm³/mol. The SMILES string of the molecule is O=C(NC1CCN(C(=O)c2ccc3c(c2)CCO3)CC1)c1cccnc1. The Morgan fingerprint density at radius 3 is 2.77 bits per heavy atom. The normalized spacial score (nSPS) is 16.7. The van der Waals surface area contributed by atoms with Crippen molar-refractivity contribution in [2.24, 2.45) is 0 Å². The number of carbonyl (C=O) groups is 2. The van der Waals surface area contributed by atoms with E-state index < -0.39 is 0 Å². The van der Waals surface area contributed by atoms with Crippen LogP contribution >= 0.6 is 0 Å². The number of benzene rings is 1. The highest BCUT2D eigenvalue weighted by atomic mass is 16.5. The van der Waals surface area contributed by atoms with Gasteiger partial charge in [0.25, 0.3) is 11.8 Å². The lowest BCUT2D eigenvalue weighted by molar-refractivity contribution is 0.0698. The van der Waals surface area contributed by atoms with E-state index in [1.165, 1.54) is 0 Å². The van der Waals surface area contributed by atoms with E-state index in [4.69, 9.17) is 4.74 Å². The fraction of sp³-hybridized carbons (Fsp3) is 0.350. The molecule has 0 bridgehead atoms. The van der Waals surface area contributed by atoms with Gasteiger partial charge in [-0.1, -0.05) is 0 Å². The number of hydrogen-bond donors (Lipinski definition) is 1. The van der Waals surface area contributed by atoms with Gasteiger partial charge in [0.15, 0.2) is 0 Å². The standard InChI is InChI=1S/C20H21N3O3/c24-19(16-2-1-8-21-13-16)22-17-5-9-23(10-6-17)20(25)15-3-4-18-14(12-15)7-11-26-18/h1-4,8,12-13,17H,5-7,9-11H2,(H,22,24). The number of carbonyl (C=O) groups excluding carboxylic acids is 2. The molecule has 0 radical (unpaired) electrons. The van der Waals surface area contributed by atoms with Crippen LogP contribution in [0.3, 0.4) is 0 Å². The summed E-state index contributed by atoms with van der Waals surface area (Å²) in [6.45, 7) is 1.98. The molecule has 0 aliphatic carbocycles. The first-order valence-corrected chi connectivity index (χ1v) is 8.96. The van der Waals surface area contributed by atoms with Crippen molar-refractivity contribution in [1.29, 1.82) is 0 Å². The van der Waals surface area contributed by atoms with Crippen molar-refractivity contribution in [3.8, 4) is 5.75 Å². The first-order valence-electron chi connectivity index (χ1n) is 8.96. The van der Waals surface area contributed by atoms with Crippen molar-refractivity contribution in [3.05, 3.63) is 59.4 Å². The maximum atomic E-state index is 12.7. The summed E-state index contributed by atoms with van der Waals surface area (Å²) in [5, 5.41) is 3.03. The largest absolute Gasteiger partial charge is 0.493 e. The van der Waals surface area contributed by atoms with Gasteiger partial charge in [0.1, 0.15) is 5.75 Å². The van der Waals surface area contributed by atoms with Gasteiger partial charge in [-0.25, -0.2) is 0 Å². The molecule has 6 nitrogen and oxygen atoms in total. The number of pyridine rings is 1. The third-order valence-corrected chi connectivity index (χ3v) is 4.98. The molecule has 134 valence electrons. The molecule has 2 aliphatic rings. The molecule has 1 N–H and O–H groups in total. The van der Waals surface area contributed by atoms with E-state index in [1.54, 1.807) is 24.5 Å². The Hall–Kier alpha value is -2.89. The van der Waals surface area contributed by atoms with Crippen LogP contribution in [0.5, 0.6) is 5.75 Å². The van der Waals surface area contributed by atoms with E-state index in [0.29, 0.717) is 30.8 Å². The minimum atomic E-state index is -0.110. The molecular formula is C20H21N3O3. The van der Waals surface area contributed by atoms with Crippen LogP contribution in [0.25, 0.3) is 0 Å². The van der Waals surface area contributed by atoms with Gasteiger partial charge in [0, 0.05) is 43.5 Å². The molecule has 26 heavy (non-hydrogen) atoms. The Balaban J connectivity index is 1.33. The third kappa shape index (κ3) is 3.40. The Morgan fingerprint density at radius 1 is 1.15 bits per heavy atom. The van der Waals surface area contributed by atoms with Crippen LogP contribution in [0, 0.1) is 0 Å². The number of hydrogen-bond acceptors (Lipinski definition) is 4. The van der Waals surface area contributed by atoms with Crippen molar-refractivity contribution in [3.63, 3.8) is 0 Å². The molecule has 2 amide bonds. The topological polar surface area (TPSA) is 71.5 Å². The number of rotatable bonds is 3. The summed E-state index contributed by atoms with van der Waals surface area (Å²) in [6, 6.07) is 9.25. The second kappa shape index (κ2) is 7.15. The van der Waals surface area contributed by atoms with Crippen LogP contribution in [0.4, 0.5) is 0 Å². The van der Waals surface area contributed by atoms with E-state index in [-0.39, 0.29) is 17.9 Å². The average Bonchev–Trinajstić information content (AvgIpc) is 3.16. The fourth-order valence-electron chi connectivity index (χ4n) is 3.49. The molecule has 0 saturated carbocycles. The lowest BCUT2D eigenvalue weighted by Crippen LogP contribution is -2.46. The minimum absolute atomic E-state index is 0.0525. The summed E-state index contributed by atoms with van der Waals surface area (Å²) in [5.74, 6) is 0.830. The van der Waals surface area contributed by atoms with Crippen molar-refractivity contribution in [1.82, 2.24) is 15.2 Å². The molecule has 1 aromatic carbocycles. The first kappa shape index (κ1) is 16.6. The molecule has 1 fully saturated rings. The Kier molecular flexibility index (Phi) is 4.56. The quantitative estimate of drug-likeness (QED) is 0.919. The van der Waals surface area contributed by atoms with Gasteiger partial charge in [0.2, 0.25) is 0 Å². The second-order valence-electron chi connectivity index (χ2n) is 6.70. The highest BCUT2D eigenvalue weighted by molar-refractivity contribution is 5.95. The monoisotopic (exact) mass is 351 g/mol. The van der Waals surface area contributed by atoms with Crippen molar-refractivity contribution >= 4 is 11.8 Å². The zero-order valence-corrected chi connectivity index (χ0v) is 14.5. The number of amides is 2. The van der Waals surface area contributed by atoms with E-state index in [1.807, 2.05) is 23.1 Å². The first-order chi connectivity index (χ1) is 12.7. The Labute approximate surface area is 152 Å². The molecule has 0 atom stereocenters. The number of likely N-dealkylation sites (tertiary alicyclic amines) is 1. The van der Waals surface area contributed by atoms with E-state index in [0.717, 1.165) is 30.6 Å². The van der Waals surface area contributed by atoms with E-state index >= 15 is 0 Å². The molecule has 1 saturated heterocycles. The molecule has 1 aromatic heterocycles. The molecule has 4 rings (SSSR count). The number of ether oxygens (including phenoxy) is 1. The third-order valence-electron chi connectivity index (χ3n) is 4.98. The molecule has 2 aliphatic heterocycles. The molecular weight excluding hydrogens is 330 g/mol. The van der Waals surface area contributed by atoms with E-state index in [9.17, 15) is 9.59 Å². The molecule has 0 unspecified atom stereocenters. The number of nitrogens with zero attached hydrogens (tertiary/aromatic N) is 2. The zero-order valence-electron chi connectivity index (χ0n) is 14.5. The van der Waals surface area contributed by atoms with Crippen LogP contribution in [-0.4, -0.2) is 47.4 Å². The maximum Gasteiger partial charge on any atom is 0.253 e. The van der Waals surface area contributed by atoms with Gasteiger partial charge < -0.3 is 15.0 Å². The molecule has 2 aromatic rings. The van der Waals surface area contributed by atoms with Crippen molar-refractivity contribution < 1.29 is 14.3 Å². The number of piperidine rings is 1. The summed E-state index contributed by atoms with van der Waals surface area (Å²) < 4.78 is 5.50. The van der Waals surface area contributed by atoms with Gasteiger partial charge >= 0.3 is 0 Å². The van der Waals surface area contributed by atoms with Gasteiger partial charge in [-0.15, -0.1) is 0 Å². The Bertz CT molecular complexity index is 814. The molecule has 3 heterocycles. The summed E-state index contributed by atoms with van der Waals surface area (Å²) in [5.41, 5.74) is 2.38. The smallest absolute Gasteiger partial charge is 0.253 e. The average molecular weight is 351 g/mol. The van der Waals surface area contributed by atoms with Crippen molar-refractivity contribution in [2.45, 2.75) is 25.3 Å². The summed E-state index contributed by atoms with van der Waals surface area (Å²) in [4.78, 5) is 30.8. The lowest BCUT2D eigenvalue weighted by Gasteiger charge is -2.32. The van der Waals surface area contributed by atoms with Crippen LogP contribution < -0.4 is 10.1 Å². The molecule has 6 heteroatoms. The van der Waals surface area contributed by atoms with Gasteiger partial charge in [-0.05, 0) is 48.7 Å². The number of nitrogens with one attached hydrogen (secondary N) is 1. The lowest BCUT2D eigenvalue weighted by atomic mass is 10.0. The summed E-state index contributed by atoms with van der Waals surface area (Å²) in [6.07, 6.45) is 5.58. The van der Waals surface area contributed by atoms with Crippen LogP contribution in [-0.2, 0) is 6.42 Å². The Morgan fingerprint density at radius 2 is 2.00 bits per heavy atom. The number of aromatic nitrogens is 1. The summed E-state index contributed by atoms with van der Waals surface area (Å²) >= 11 is 0. The summed E-state index contributed by atoms with van der Waals surface area (Å²) in [7, 11) is 0.